The van der Waals surface area contributed by atoms with Crippen molar-refractivity contribution in [2.45, 2.75) is 45.3 Å². The topological polar surface area (TPSA) is 58.9 Å². The van der Waals surface area contributed by atoms with Gasteiger partial charge in [-0.05, 0) is 57.5 Å². The highest BCUT2D eigenvalue weighted by Gasteiger charge is 2.28. The number of hydrogen-bond donors (Lipinski definition) is 2. The van der Waals surface area contributed by atoms with E-state index in [-0.39, 0.29) is 5.75 Å². The molecule has 1 aliphatic heterocycles. The van der Waals surface area contributed by atoms with Crippen molar-refractivity contribution in [2.24, 2.45) is 0 Å². The van der Waals surface area contributed by atoms with E-state index >= 15 is 0 Å². The summed E-state index contributed by atoms with van der Waals surface area (Å²) in [7, 11) is 0. The first kappa shape index (κ1) is 15.6. The van der Waals surface area contributed by atoms with Crippen LogP contribution in [0.1, 0.15) is 38.3 Å². The molecule has 1 aromatic rings. The Hall–Kier alpha value is -1.78. The first-order valence-electron chi connectivity index (χ1n) is 6.97. The summed E-state index contributed by atoms with van der Waals surface area (Å²) in [6.45, 7) is 7.42. The molecule has 4 nitrogen and oxygen atoms in total. The molecular weight excluding hydrogens is 268 g/mol. The Morgan fingerprint density at radius 3 is 2.76 bits per heavy atom. The van der Waals surface area contributed by atoms with E-state index in [1.807, 2.05) is 38.1 Å². The van der Waals surface area contributed by atoms with Crippen molar-refractivity contribution < 1.29 is 20.0 Å². The molecule has 0 spiro atoms. The highest BCUT2D eigenvalue weighted by atomic mass is 17.1. The zero-order valence-electron chi connectivity index (χ0n) is 12.9. The number of rotatable bonds is 4. The lowest BCUT2D eigenvalue weighted by Gasteiger charge is -2.31. The molecule has 0 aromatic heterocycles. The number of ether oxygens (including phenoxy) is 1. The smallest absolute Gasteiger partial charge is 0.131 e. The van der Waals surface area contributed by atoms with Gasteiger partial charge >= 0.3 is 0 Å². The zero-order chi connectivity index (χ0) is 15.7. The third kappa shape index (κ3) is 3.65. The van der Waals surface area contributed by atoms with E-state index in [9.17, 15) is 5.11 Å². The summed E-state index contributed by atoms with van der Waals surface area (Å²) in [6, 6.07) is 3.64. The average Bonchev–Trinajstić information content (AvgIpc) is 2.37. The fourth-order valence-electron chi connectivity index (χ4n) is 2.26. The third-order valence-electron chi connectivity index (χ3n) is 3.49. The second kappa shape index (κ2) is 5.54. The van der Waals surface area contributed by atoms with Gasteiger partial charge in [0.05, 0.1) is 5.56 Å². The highest BCUT2D eigenvalue weighted by molar-refractivity contribution is 5.67. The molecule has 1 heterocycles. The van der Waals surface area contributed by atoms with Gasteiger partial charge in [-0.3, -0.25) is 5.26 Å². The molecule has 0 saturated heterocycles. The maximum Gasteiger partial charge on any atom is 0.131 e. The highest BCUT2D eigenvalue weighted by Crippen LogP contribution is 2.38. The summed E-state index contributed by atoms with van der Waals surface area (Å²) in [5, 5.41) is 18.7. The molecular formula is C17H22O4. The number of phenolic OH excluding ortho intramolecular Hbond substituents is 1. The number of aryl methyl sites for hydroxylation is 1. The van der Waals surface area contributed by atoms with Gasteiger partial charge in [-0.1, -0.05) is 12.2 Å². The van der Waals surface area contributed by atoms with Crippen LogP contribution in [-0.4, -0.2) is 21.6 Å². The predicted octanol–water partition coefficient (Wildman–Crippen LogP) is 4.08. The zero-order valence-corrected chi connectivity index (χ0v) is 12.9. The second-order valence-corrected chi connectivity index (χ2v) is 6.25. The van der Waals surface area contributed by atoms with Crippen molar-refractivity contribution >= 4 is 6.08 Å². The summed E-state index contributed by atoms with van der Waals surface area (Å²) in [4.78, 5) is 4.37. The largest absolute Gasteiger partial charge is 0.507 e. The third-order valence-corrected chi connectivity index (χ3v) is 3.49. The standard InChI is InChI=1S/C17H22O4/c1-12-10-14(18)13-6-9-17(4,20-15(13)11-12)8-5-7-16(2,3)21-19/h5-7,9-11,18-19H,8H2,1-4H3/b7-5+. The van der Waals surface area contributed by atoms with Gasteiger partial charge in [-0.2, -0.15) is 0 Å². The van der Waals surface area contributed by atoms with Crippen LogP contribution < -0.4 is 4.74 Å². The molecule has 1 atom stereocenters. The minimum absolute atomic E-state index is 0.230. The Bertz CT molecular complexity index is 587. The lowest BCUT2D eigenvalue weighted by Crippen LogP contribution is -2.31. The molecule has 0 amide bonds. The average molecular weight is 290 g/mol. The van der Waals surface area contributed by atoms with Crippen LogP contribution in [-0.2, 0) is 4.89 Å². The fourth-order valence-corrected chi connectivity index (χ4v) is 2.26. The molecule has 0 aliphatic carbocycles. The Kier molecular flexibility index (Phi) is 4.12. The van der Waals surface area contributed by atoms with E-state index in [0.29, 0.717) is 17.7 Å². The molecule has 2 N–H and O–H groups in total. The molecule has 4 heteroatoms. The van der Waals surface area contributed by atoms with E-state index in [1.54, 1.807) is 26.0 Å². The summed E-state index contributed by atoms with van der Waals surface area (Å²) >= 11 is 0. The van der Waals surface area contributed by atoms with Crippen molar-refractivity contribution in [3.05, 3.63) is 41.5 Å². The van der Waals surface area contributed by atoms with Crippen molar-refractivity contribution in [3.63, 3.8) is 0 Å². The van der Waals surface area contributed by atoms with Crippen molar-refractivity contribution in [3.8, 4) is 11.5 Å². The summed E-state index contributed by atoms with van der Waals surface area (Å²) < 4.78 is 6.03. The Morgan fingerprint density at radius 2 is 2.10 bits per heavy atom. The number of benzene rings is 1. The van der Waals surface area contributed by atoms with Crippen LogP contribution in [0.4, 0.5) is 0 Å². The lowest BCUT2D eigenvalue weighted by atomic mass is 9.94. The molecule has 0 radical (unpaired) electrons. The van der Waals surface area contributed by atoms with Crippen molar-refractivity contribution in [1.29, 1.82) is 0 Å². The van der Waals surface area contributed by atoms with Crippen LogP contribution in [0.5, 0.6) is 11.5 Å². The molecule has 1 aromatic carbocycles. The van der Waals surface area contributed by atoms with E-state index in [1.165, 1.54) is 0 Å². The molecule has 1 unspecified atom stereocenters. The maximum absolute atomic E-state index is 9.93. The number of phenols is 1. The van der Waals surface area contributed by atoms with Crippen molar-refractivity contribution in [1.82, 2.24) is 0 Å². The van der Waals surface area contributed by atoms with Gasteiger partial charge in [0.1, 0.15) is 22.7 Å². The first-order valence-corrected chi connectivity index (χ1v) is 6.97. The van der Waals surface area contributed by atoms with E-state index in [2.05, 4.69) is 4.89 Å². The second-order valence-electron chi connectivity index (χ2n) is 6.25. The minimum atomic E-state index is -0.721. The molecule has 1 aliphatic rings. The molecule has 2 rings (SSSR count). The van der Waals surface area contributed by atoms with Gasteiger partial charge in [-0.15, -0.1) is 0 Å². The minimum Gasteiger partial charge on any atom is -0.507 e. The molecule has 0 fully saturated rings. The first-order chi connectivity index (χ1) is 9.75. The number of hydrogen-bond acceptors (Lipinski definition) is 4. The van der Waals surface area contributed by atoms with Crippen LogP contribution in [0, 0.1) is 6.92 Å². The number of fused-ring (bicyclic) bond motifs is 1. The van der Waals surface area contributed by atoms with E-state index in [0.717, 1.165) is 5.56 Å². The van der Waals surface area contributed by atoms with E-state index < -0.39 is 11.2 Å². The van der Waals surface area contributed by atoms with Gasteiger partial charge in [0.15, 0.2) is 0 Å². The Balaban J connectivity index is 2.17. The van der Waals surface area contributed by atoms with Gasteiger partial charge in [0, 0.05) is 6.42 Å². The Morgan fingerprint density at radius 1 is 1.38 bits per heavy atom. The Labute approximate surface area is 125 Å². The van der Waals surface area contributed by atoms with E-state index in [4.69, 9.17) is 9.99 Å². The van der Waals surface area contributed by atoms with Gasteiger partial charge < -0.3 is 9.84 Å². The maximum atomic E-state index is 9.93. The predicted molar refractivity (Wildman–Crippen MR) is 82.5 cm³/mol. The van der Waals surface area contributed by atoms with Crippen LogP contribution >= 0.6 is 0 Å². The number of aromatic hydroxyl groups is 1. The normalized spacial score (nSPS) is 21.4. The van der Waals surface area contributed by atoms with Gasteiger partial charge in [0.25, 0.3) is 0 Å². The van der Waals surface area contributed by atoms with Crippen LogP contribution in [0.3, 0.4) is 0 Å². The SMILES string of the molecule is Cc1cc(O)c2c(c1)OC(C)(C/C=C/C(C)(C)OO)C=C2. The summed E-state index contributed by atoms with van der Waals surface area (Å²) in [5.41, 5.74) is 0.451. The fraction of sp³-hybridized carbons (Fsp3) is 0.412. The van der Waals surface area contributed by atoms with Crippen LogP contribution in [0.15, 0.2) is 30.4 Å². The molecule has 114 valence electrons. The van der Waals surface area contributed by atoms with Gasteiger partial charge in [-0.25, -0.2) is 4.89 Å². The van der Waals surface area contributed by atoms with Crippen LogP contribution in [0.25, 0.3) is 6.08 Å². The quantitative estimate of drug-likeness (QED) is 0.498. The lowest BCUT2D eigenvalue weighted by molar-refractivity contribution is -0.297. The van der Waals surface area contributed by atoms with Crippen molar-refractivity contribution in [2.75, 3.05) is 0 Å². The van der Waals surface area contributed by atoms with Crippen LogP contribution in [0.2, 0.25) is 0 Å². The molecule has 0 saturated carbocycles. The molecule has 21 heavy (non-hydrogen) atoms. The molecule has 0 bridgehead atoms. The summed E-state index contributed by atoms with van der Waals surface area (Å²) in [6.07, 6.45) is 8.15. The summed E-state index contributed by atoms with van der Waals surface area (Å²) in [5.74, 6) is 0.914. The monoisotopic (exact) mass is 290 g/mol. The van der Waals surface area contributed by atoms with Gasteiger partial charge in [0.2, 0.25) is 0 Å².